The average Bonchev–Trinajstić information content (AvgIpc) is 3.38. The molecule has 1 amide bonds. The van der Waals surface area contributed by atoms with Gasteiger partial charge in [0.15, 0.2) is 5.12 Å². The first kappa shape index (κ1) is 36.7. The van der Waals surface area contributed by atoms with Crippen LogP contribution in [0.5, 0.6) is 0 Å². The quantitative estimate of drug-likeness (QED) is 0.127. The number of carbonyl (C=O) groups excluding carboxylic acids is 2. The second-order valence-corrected chi connectivity index (χ2v) is 15.4. The van der Waals surface area contributed by atoms with Crippen molar-refractivity contribution < 1.29 is 92.7 Å². The molecular weight excluding hydrogens is 662 g/mol. The van der Waals surface area contributed by atoms with E-state index < -0.39 is 18.8 Å². The molecule has 3 unspecified atom stereocenters. The Balaban J connectivity index is 0.00000560. The van der Waals surface area contributed by atoms with Crippen LogP contribution in [0.1, 0.15) is 84.1 Å². The summed E-state index contributed by atoms with van der Waals surface area (Å²) in [5, 5.41) is 12.5. The second-order valence-electron chi connectivity index (χ2n) is 11.6. The molecule has 2 fully saturated rings. The average molecular weight is 710 g/mol. The van der Waals surface area contributed by atoms with E-state index in [1.165, 1.54) is 24.8 Å². The Morgan fingerprint density at radius 2 is 1.80 bits per heavy atom. The van der Waals surface area contributed by atoms with E-state index in [4.69, 9.17) is 4.52 Å². The largest absolute Gasteiger partial charge is 1.00 e. The molecule has 0 radical (unpaired) electrons. The molecule has 1 saturated carbocycles. The zero-order valence-electron chi connectivity index (χ0n) is 25.0. The number of unbranched alkanes of at least 4 members (excludes halogenated alkanes) is 1. The van der Waals surface area contributed by atoms with E-state index in [9.17, 15) is 19.3 Å². The van der Waals surface area contributed by atoms with Crippen LogP contribution in [0, 0.1) is 17.8 Å². The van der Waals surface area contributed by atoms with Crippen molar-refractivity contribution in [3.8, 4) is 0 Å². The van der Waals surface area contributed by atoms with Gasteiger partial charge in [-0.1, -0.05) is 95.0 Å². The smallest absolute Gasteiger partial charge is 0.874 e. The molecule has 40 heavy (non-hydrogen) atoms. The number of benzene rings is 1. The van der Waals surface area contributed by atoms with E-state index in [1.54, 1.807) is 11.8 Å². The molecule has 9 heteroatoms. The van der Waals surface area contributed by atoms with Crippen molar-refractivity contribution in [3.05, 3.63) is 48.2 Å². The van der Waals surface area contributed by atoms with Crippen molar-refractivity contribution in [1.29, 1.82) is 0 Å². The summed E-state index contributed by atoms with van der Waals surface area (Å²) < 4.78 is 20.6. The summed E-state index contributed by atoms with van der Waals surface area (Å²) in [6.45, 7) is 9.86. The molecule has 0 spiro atoms. The van der Waals surface area contributed by atoms with Gasteiger partial charge in [-0.15, -0.1) is 12.3 Å². The van der Waals surface area contributed by atoms with Crippen LogP contribution in [0.3, 0.4) is 0 Å². The van der Waals surface area contributed by atoms with Crippen molar-refractivity contribution >= 4 is 30.2 Å². The maximum atomic E-state index is 14.3. The van der Waals surface area contributed by atoms with Gasteiger partial charge in [0.25, 0.3) is 0 Å². The van der Waals surface area contributed by atoms with Crippen LogP contribution in [-0.2, 0) is 25.1 Å². The predicted octanol–water partition coefficient (Wildman–Crippen LogP) is 3.63. The minimum Gasteiger partial charge on any atom is -0.874 e. The summed E-state index contributed by atoms with van der Waals surface area (Å²) in [5.41, 5.74) is 0.639. The van der Waals surface area contributed by atoms with Gasteiger partial charge in [0.05, 0.1) is 0 Å². The van der Waals surface area contributed by atoms with Gasteiger partial charge in [0.1, 0.15) is 11.6 Å². The van der Waals surface area contributed by atoms with Gasteiger partial charge in [-0.2, -0.15) is 0 Å². The Morgan fingerprint density at radius 1 is 1.12 bits per heavy atom. The standard InChI is InChI=1S/C31H48NO5PS.Cs/c1-5-30(35)39-31(23(2)3)37-38(36,19-13-12-16-25-14-8-6-9-15-25)22-29(34)32-21-27(20-28(32)24(4)33)26-17-10-7-11-18-26;/h6,8-9,14-15,23,26-28,31,33H,4-5,7,10-13,16-22H2,1-3H3;/q;+1/p-1/t27?,28-,31?,38?;/m0./s1. The molecular formula is C31H47CsNO5PS. The Labute approximate surface area is 305 Å². The summed E-state index contributed by atoms with van der Waals surface area (Å²) in [6.07, 6.45) is 9.34. The molecule has 1 aromatic carbocycles. The summed E-state index contributed by atoms with van der Waals surface area (Å²) in [7, 11) is -3.43. The minimum absolute atomic E-state index is 0. The molecule has 1 aromatic rings. The number of aryl methyl sites for hydroxylation is 1. The third kappa shape index (κ3) is 11.5. The van der Waals surface area contributed by atoms with Crippen molar-refractivity contribution in [2.45, 2.75) is 96.5 Å². The van der Waals surface area contributed by atoms with Gasteiger partial charge in [0.2, 0.25) is 13.3 Å². The first-order valence-electron chi connectivity index (χ1n) is 14.8. The number of thioether (sulfide) groups is 1. The zero-order chi connectivity index (χ0) is 28.4. The first-order valence-corrected chi connectivity index (χ1v) is 17.6. The van der Waals surface area contributed by atoms with E-state index in [2.05, 4.69) is 18.7 Å². The van der Waals surface area contributed by atoms with E-state index in [0.29, 0.717) is 31.7 Å². The number of carbonyl (C=O) groups is 2. The van der Waals surface area contributed by atoms with E-state index in [0.717, 1.165) is 37.4 Å². The van der Waals surface area contributed by atoms with Crippen LogP contribution in [0.2, 0.25) is 0 Å². The van der Waals surface area contributed by atoms with Crippen LogP contribution < -0.4 is 74.0 Å². The summed E-state index contributed by atoms with van der Waals surface area (Å²) in [6, 6.07) is 9.61. The fourth-order valence-electron chi connectivity index (χ4n) is 5.87. The van der Waals surface area contributed by atoms with Gasteiger partial charge < -0.3 is 14.5 Å². The maximum absolute atomic E-state index is 14.3. The Bertz CT molecular complexity index is 1000. The summed E-state index contributed by atoms with van der Waals surface area (Å²) in [4.78, 5) is 27.6. The third-order valence-corrected chi connectivity index (χ3v) is 12.1. The topological polar surface area (TPSA) is 86.7 Å². The third-order valence-electron chi connectivity index (χ3n) is 8.15. The molecule has 2 aliphatic rings. The van der Waals surface area contributed by atoms with E-state index in [1.807, 2.05) is 32.0 Å². The SMILES string of the molecule is C=C([O-])[C@@H]1CC(C2CCCCC2)CN1C(=O)CP(=O)(CCCCc1ccccc1)OC(SC(=O)CC)C(C)C.[Cs+]. The zero-order valence-corrected chi connectivity index (χ0v) is 33.0. The Morgan fingerprint density at radius 3 is 2.40 bits per heavy atom. The first-order chi connectivity index (χ1) is 18.6. The second kappa shape index (κ2) is 18.3. The van der Waals surface area contributed by atoms with E-state index >= 15 is 0 Å². The molecule has 218 valence electrons. The molecule has 0 bridgehead atoms. The van der Waals surface area contributed by atoms with Crippen LogP contribution in [-0.4, -0.2) is 46.3 Å². The fraction of sp³-hybridized carbons (Fsp3) is 0.677. The minimum atomic E-state index is -3.43. The molecule has 1 aliphatic carbocycles. The molecule has 4 atom stereocenters. The van der Waals surface area contributed by atoms with Crippen LogP contribution in [0.25, 0.3) is 0 Å². The molecule has 0 N–H and O–H groups in total. The van der Waals surface area contributed by atoms with Crippen molar-refractivity contribution in [1.82, 2.24) is 4.90 Å². The van der Waals surface area contributed by atoms with Gasteiger partial charge in [-0.3, -0.25) is 14.2 Å². The van der Waals surface area contributed by atoms with Crippen molar-refractivity contribution in [3.63, 3.8) is 0 Å². The molecule has 1 aliphatic heterocycles. The normalized spacial score (nSPS) is 21.9. The maximum Gasteiger partial charge on any atom is 1.00 e. The number of rotatable bonds is 14. The van der Waals surface area contributed by atoms with Gasteiger partial charge in [-0.05, 0) is 49.0 Å². The van der Waals surface area contributed by atoms with E-state index in [-0.39, 0.29) is 110 Å². The number of hydrogen-bond acceptors (Lipinski definition) is 6. The van der Waals surface area contributed by atoms with Crippen LogP contribution in [0.4, 0.5) is 0 Å². The number of likely N-dealkylation sites (tertiary alicyclic amines) is 1. The predicted molar refractivity (Wildman–Crippen MR) is 159 cm³/mol. The molecule has 1 heterocycles. The molecule has 1 saturated heterocycles. The van der Waals surface area contributed by atoms with Gasteiger partial charge >= 0.3 is 68.9 Å². The fourth-order valence-corrected chi connectivity index (χ4v) is 9.47. The molecule has 0 aromatic heterocycles. The molecule has 6 nitrogen and oxygen atoms in total. The van der Waals surface area contributed by atoms with Crippen LogP contribution >= 0.6 is 19.1 Å². The Hall–Kier alpha value is 0.492. The Kier molecular flexibility index (Phi) is 16.8. The number of amides is 1. The van der Waals surface area contributed by atoms with Crippen molar-refractivity contribution in [2.75, 3.05) is 18.9 Å². The summed E-state index contributed by atoms with van der Waals surface area (Å²) >= 11 is 1.08. The number of nitrogens with zero attached hydrogens (tertiary/aromatic N) is 1. The summed E-state index contributed by atoms with van der Waals surface area (Å²) in [5.74, 6) is 0.244. The number of hydrogen-bond donors (Lipinski definition) is 0. The van der Waals surface area contributed by atoms with Crippen molar-refractivity contribution in [2.24, 2.45) is 17.8 Å². The van der Waals surface area contributed by atoms with Gasteiger partial charge in [-0.25, -0.2) is 0 Å². The van der Waals surface area contributed by atoms with Gasteiger partial charge in [0, 0.05) is 25.2 Å². The van der Waals surface area contributed by atoms with Crippen LogP contribution in [0.15, 0.2) is 42.7 Å². The monoisotopic (exact) mass is 709 g/mol. The molecule has 3 rings (SSSR count).